The van der Waals surface area contributed by atoms with Gasteiger partial charge in [-0.05, 0) is 93.4 Å². The summed E-state index contributed by atoms with van der Waals surface area (Å²) in [6.45, 7) is 1.83. The average molecular weight is 1990 g/mol. The summed E-state index contributed by atoms with van der Waals surface area (Å²) in [4.78, 5) is 319. The number of nitrogens with one attached hydrogen (secondary N) is 18. The highest BCUT2D eigenvalue weighted by molar-refractivity contribution is 6.03. The number of likely N-dealkylation sites (tertiary alicyclic amines) is 1. The minimum atomic E-state index is -2.17. The molecule has 0 unspecified atom stereocenters. The molecule has 18 amide bonds. The molecule has 1 fully saturated rings. The molecule has 3 rings (SSSR count). The number of hydrogen-bond acceptors (Lipinski definition) is 30. The number of phenols is 1. The number of aliphatic carboxylic acids is 6. The maximum absolute atomic E-state index is 14.5. The number of aliphatic hydroxyl groups excluding tert-OH is 3. The van der Waals surface area contributed by atoms with E-state index in [-0.39, 0.29) is 68.0 Å². The van der Waals surface area contributed by atoms with Crippen molar-refractivity contribution in [2.75, 3.05) is 45.9 Å². The Kier molecular flexibility index (Phi) is 51.1. The van der Waals surface area contributed by atoms with E-state index in [2.05, 4.69) is 90.4 Å². The van der Waals surface area contributed by atoms with E-state index in [0.29, 0.717) is 6.42 Å². The molecule has 0 aromatic heterocycles. The van der Waals surface area contributed by atoms with Crippen LogP contribution >= 0.6 is 0 Å². The highest BCUT2D eigenvalue weighted by atomic mass is 16.4. The Morgan fingerprint density at radius 2 is 0.807 bits per heavy atom. The molecular weight excluding hydrogens is 1860 g/mol. The van der Waals surface area contributed by atoms with Crippen LogP contribution in [0.3, 0.4) is 0 Å². The van der Waals surface area contributed by atoms with Gasteiger partial charge in [0.2, 0.25) is 106 Å². The third-order valence-corrected chi connectivity index (χ3v) is 21.1. The largest absolute Gasteiger partial charge is 0.508 e. The first-order chi connectivity index (χ1) is 65.8. The summed E-state index contributed by atoms with van der Waals surface area (Å²) in [5.74, 6) is -33.3. The van der Waals surface area contributed by atoms with Crippen LogP contribution in [0.1, 0.15) is 142 Å². The zero-order valence-corrected chi connectivity index (χ0v) is 77.0. The third-order valence-electron chi connectivity index (χ3n) is 21.1. The molecule has 1 aliphatic rings. The number of hydrogen-bond donors (Lipinski definition) is 31. The lowest BCUT2D eigenvalue weighted by Crippen LogP contribution is -2.62. The molecule has 1 aliphatic heterocycles. The van der Waals surface area contributed by atoms with Crippen molar-refractivity contribution in [1.82, 2.24) is 95.3 Å². The fraction of sp³-hybridized carbons (Fsp3) is 0.560. The summed E-state index contributed by atoms with van der Waals surface area (Å²) < 4.78 is 0. The van der Waals surface area contributed by atoms with E-state index in [1.165, 1.54) is 55.5 Å². The van der Waals surface area contributed by atoms with Gasteiger partial charge < -0.3 is 164 Å². The van der Waals surface area contributed by atoms with E-state index < -0.39 is 354 Å². The van der Waals surface area contributed by atoms with Gasteiger partial charge in [-0.1, -0.05) is 76.6 Å². The van der Waals surface area contributed by atoms with Crippen molar-refractivity contribution in [1.29, 1.82) is 5.41 Å². The van der Waals surface area contributed by atoms with Crippen LogP contribution < -0.4 is 108 Å². The summed E-state index contributed by atoms with van der Waals surface area (Å²) in [5.41, 5.74) is 16.9. The molecule has 56 heteroatoms. The molecule has 774 valence electrons. The summed E-state index contributed by atoms with van der Waals surface area (Å²) >= 11 is 0. The van der Waals surface area contributed by atoms with Crippen LogP contribution in [0.25, 0.3) is 0 Å². The molecule has 140 heavy (non-hydrogen) atoms. The van der Waals surface area contributed by atoms with Crippen molar-refractivity contribution in [2.24, 2.45) is 29.0 Å². The summed E-state index contributed by atoms with van der Waals surface area (Å²) in [7, 11) is 0. The minimum absolute atomic E-state index is 0.0949. The summed E-state index contributed by atoms with van der Waals surface area (Å²) in [5, 5.41) is 145. The second kappa shape index (κ2) is 60.3. The number of carbonyl (C=O) groups is 24. The zero-order valence-electron chi connectivity index (χ0n) is 77.0. The van der Waals surface area contributed by atoms with E-state index in [4.69, 9.17) is 27.7 Å². The Balaban J connectivity index is 1.81. The van der Waals surface area contributed by atoms with Gasteiger partial charge >= 0.3 is 35.8 Å². The predicted octanol–water partition coefficient (Wildman–Crippen LogP) is -11.6. The molecule has 0 saturated carbocycles. The van der Waals surface area contributed by atoms with Crippen molar-refractivity contribution in [2.45, 2.75) is 241 Å². The number of nitrogens with two attached hydrogens (primary N) is 3. The number of carboxylic acids is 6. The Labute approximate surface area is 798 Å². The first-order valence-corrected chi connectivity index (χ1v) is 44.0. The van der Waals surface area contributed by atoms with E-state index in [0.717, 1.165) is 11.8 Å². The molecule has 34 N–H and O–H groups in total. The lowest BCUT2D eigenvalue weighted by molar-refractivity contribution is -0.145. The van der Waals surface area contributed by atoms with E-state index >= 15 is 0 Å². The maximum atomic E-state index is 14.5. The normalized spacial score (nSPS) is 15.5. The van der Waals surface area contributed by atoms with Crippen LogP contribution in [0.4, 0.5) is 0 Å². The highest BCUT2D eigenvalue weighted by Gasteiger charge is 2.44. The Morgan fingerprint density at radius 1 is 0.421 bits per heavy atom. The molecule has 1 heterocycles. The molecule has 2 aromatic carbocycles. The van der Waals surface area contributed by atoms with Gasteiger partial charge in [-0.3, -0.25) is 116 Å². The smallest absolute Gasteiger partial charge is 0.326 e. The first kappa shape index (κ1) is 119. The molecule has 0 bridgehead atoms. The van der Waals surface area contributed by atoms with E-state index in [1.54, 1.807) is 26.8 Å². The number of aromatic hydroxyl groups is 1. The van der Waals surface area contributed by atoms with E-state index in [9.17, 15) is 161 Å². The van der Waals surface area contributed by atoms with Crippen LogP contribution in [0, 0.1) is 17.2 Å². The number of aliphatic hydroxyl groups is 3. The topological polar surface area (TPSA) is 922 Å². The second-order valence-corrected chi connectivity index (χ2v) is 32.9. The summed E-state index contributed by atoms with van der Waals surface area (Å²) in [6.07, 6.45) is -10.2. The Morgan fingerprint density at radius 3 is 1.29 bits per heavy atom. The van der Waals surface area contributed by atoms with Crippen LogP contribution in [0.5, 0.6) is 5.75 Å². The molecule has 0 radical (unpaired) electrons. The quantitative estimate of drug-likeness (QED) is 0.0166. The standard InChI is InChI=1S/C84H124N22O34/c1-6-40(4)67(104-78(134)52(31-64(119)120)94-59(112)34-90-69(125)45(85)14-10-26-89-84(87)88)82(138)106-27-11-15-57(106)80(136)103-56(38-108)79(135)101-53(32-65(121)122)75(131)100-51(29-42-12-8-7-9-13-42)74(130)96-46(21-24-62(115)116)70(126)91-36-61(114)95-55(37-107)71(127)92-35-60(113)93-50(30-43-16-18-44(110)19-17-43)77(133)105-68(41(5)109)81(137)102-54(33-66(123)124)76(132)99-49(28-39(2)3)73(129)97-47(20-23-58(86)111)72(128)98-48(83(139)140)22-25-63(117)118/h7-9,12-13,16-19,39-41,45-57,67-68,107-110H,6,10-11,14-15,20-38,85H2,1-5H3,(H2,86,111)(H,90,125)(H,91,126)(H,92,127)(H,93,113)(H,94,112)(H,95,114)(H,96,130)(H,97,129)(H,98,128)(H,99,132)(H,100,131)(H,101,135)(H,102,137)(H,103,136)(H,104,134)(H,105,133)(H,115,116)(H,117,118)(H,119,120)(H,121,122)(H,123,124)(H,139,140)(H4,87,88,89)/t40-,41+,45-,46-,47-,48-,49-,50-,51-,52-,53-,54-,55-,56-,57-,67-,68-/m0/s1. The number of carbonyl (C=O) groups excluding carboxylic acids is 18. The van der Waals surface area contributed by atoms with Crippen LogP contribution in [-0.4, -0.2) is 347 Å². The molecule has 2 aromatic rings. The number of guanidine groups is 1. The number of carboxylic acid groups (broad SMARTS) is 6. The van der Waals surface area contributed by atoms with Crippen molar-refractivity contribution in [3.05, 3.63) is 65.7 Å². The molecular formula is C84H124N22O34. The number of nitrogens with zero attached hydrogens (tertiary/aromatic N) is 1. The lowest BCUT2D eigenvalue weighted by Gasteiger charge is -2.32. The van der Waals surface area contributed by atoms with Crippen molar-refractivity contribution in [3.63, 3.8) is 0 Å². The van der Waals surface area contributed by atoms with Gasteiger partial charge in [-0.25, -0.2) is 4.79 Å². The lowest BCUT2D eigenvalue weighted by atomic mass is 9.96. The average Bonchev–Trinajstić information content (AvgIpc) is 1.64. The first-order valence-electron chi connectivity index (χ1n) is 44.0. The fourth-order valence-corrected chi connectivity index (χ4v) is 13.5. The van der Waals surface area contributed by atoms with E-state index in [1.807, 2.05) is 0 Å². The molecule has 1 saturated heterocycles. The van der Waals surface area contributed by atoms with Crippen LogP contribution in [0.2, 0.25) is 0 Å². The number of primary amides is 1. The molecule has 17 atom stereocenters. The van der Waals surface area contributed by atoms with Crippen molar-refractivity contribution < 1.29 is 166 Å². The van der Waals surface area contributed by atoms with Gasteiger partial charge in [0.25, 0.3) is 0 Å². The van der Waals surface area contributed by atoms with Gasteiger partial charge in [0.1, 0.15) is 90.3 Å². The number of benzene rings is 2. The van der Waals surface area contributed by atoms with Gasteiger partial charge in [-0.2, -0.15) is 0 Å². The maximum Gasteiger partial charge on any atom is 0.326 e. The van der Waals surface area contributed by atoms with Crippen LogP contribution in [-0.2, 0) is 128 Å². The second-order valence-electron chi connectivity index (χ2n) is 32.9. The Hall–Kier alpha value is -15.4. The SMILES string of the molecule is CC[C@H](C)[C@H](NC(=O)[C@H](CC(=O)O)NC(=O)CNC(=O)[C@@H](N)CCCNC(=N)N)C(=O)N1CCC[C@H]1C(=O)N[C@@H](CO)C(=O)N[C@@H](CC(=O)O)C(=O)N[C@@H](Cc1ccccc1)C(=O)N[C@@H](CCC(=O)O)C(=O)NCC(=O)N[C@@H](CO)C(=O)NCC(=O)N[C@@H](Cc1ccc(O)cc1)C(=O)N[C@H](C(=O)N[C@@H](CC(=O)O)C(=O)N[C@@H](CC(C)C)C(=O)N[C@@H](CCC(N)=O)C(=O)N[C@@H](CCC(=O)O)C(=O)O)[C@@H](C)O. The molecule has 0 spiro atoms. The number of rotatable bonds is 64. The highest BCUT2D eigenvalue weighted by Crippen LogP contribution is 2.23. The van der Waals surface area contributed by atoms with Gasteiger partial charge in [0.05, 0.1) is 64.3 Å². The van der Waals surface area contributed by atoms with Gasteiger partial charge in [0.15, 0.2) is 5.96 Å². The van der Waals surface area contributed by atoms with Crippen LogP contribution in [0.15, 0.2) is 54.6 Å². The molecule has 56 nitrogen and oxygen atoms in total. The zero-order chi connectivity index (χ0) is 105. The fourth-order valence-electron chi connectivity index (χ4n) is 13.5. The van der Waals surface area contributed by atoms with Gasteiger partial charge in [0, 0.05) is 45.2 Å². The third kappa shape index (κ3) is 43.8. The van der Waals surface area contributed by atoms with Crippen molar-refractivity contribution in [3.8, 4) is 5.75 Å². The number of amides is 18. The minimum Gasteiger partial charge on any atom is -0.508 e. The van der Waals surface area contributed by atoms with Crippen molar-refractivity contribution >= 4 is 148 Å². The summed E-state index contributed by atoms with van der Waals surface area (Å²) in [6, 6.07) is -14.9. The number of phenolic OH excluding ortho intramolecular Hbond substituents is 1. The monoisotopic (exact) mass is 1980 g/mol. The van der Waals surface area contributed by atoms with Gasteiger partial charge in [-0.15, -0.1) is 0 Å². The Bertz CT molecular complexity index is 4740. The predicted molar refractivity (Wildman–Crippen MR) is 479 cm³/mol. The molecule has 0 aliphatic carbocycles.